The molecule has 0 bridgehead atoms. The molecule has 0 saturated carbocycles. The number of aryl methyl sites for hydroxylation is 1. The van der Waals surface area contributed by atoms with Crippen LogP contribution in [0.5, 0.6) is 0 Å². The maximum atomic E-state index is 12.1. The molecular weight excluding hydrogens is 372 g/mol. The summed E-state index contributed by atoms with van der Waals surface area (Å²) in [6.45, 7) is 3.21. The fraction of sp³-hybridized carbons (Fsp3) is 0.235. The number of hydrogen-bond acceptors (Lipinski definition) is 8. The van der Waals surface area contributed by atoms with E-state index in [9.17, 15) is 9.59 Å². The molecule has 134 valence electrons. The van der Waals surface area contributed by atoms with Crippen molar-refractivity contribution < 1.29 is 14.1 Å². The number of Topliss-reactive ketones (excluding diaryl/α,β-unsaturated/α-hetero) is 1. The predicted octanol–water partition coefficient (Wildman–Crippen LogP) is 3.58. The highest BCUT2D eigenvalue weighted by Crippen LogP contribution is 2.31. The Morgan fingerprint density at radius 1 is 1.23 bits per heavy atom. The normalized spacial score (nSPS) is 10.7. The minimum Gasteiger partial charge on any atom is -0.340 e. The molecule has 1 N–H and O–H groups in total. The van der Waals surface area contributed by atoms with Crippen molar-refractivity contribution in [3.63, 3.8) is 0 Å². The van der Waals surface area contributed by atoms with Gasteiger partial charge in [0, 0.05) is 19.4 Å². The van der Waals surface area contributed by atoms with Gasteiger partial charge in [-0.05, 0) is 0 Å². The van der Waals surface area contributed by atoms with E-state index < -0.39 is 0 Å². The zero-order valence-corrected chi connectivity index (χ0v) is 15.8. The van der Waals surface area contributed by atoms with E-state index in [1.165, 1.54) is 30.0 Å². The quantitative estimate of drug-likeness (QED) is 0.618. The van der Waals surface area contributed by atoms with E-state index in [-0.39, 0.29) is 17.4 Å². The van der Waals surface area contributed by atoms with Crippen LogP contribution in [0.4, 0.5) is 5.13 Å². The first kappa shape index (κ1) is 18.3. The Kier molecular flexibility index (Phi) is 5.79. The molecule has 3 rings (SSSR count). The lowest BCUT2D eigenvalue weighted by atomic mass is 10.1. The van der Waals surface area contributed by atoms with Gasteiger partial charge in [-0.15, -0.1) is 11.8 Å². The molecule has 0 spiro atoms. The molecule has 2 heterocycles. The number of thioether (sulfide) groups is 1. The number of aromatic nitrogens is 3. The summed E-state index contributed by atoms with van der Waals surface area (Å²) in [6.07, 6.45) is 0. The molecule has 9 heteroatoms. The molecular formula is C17H16N4O3S2. The number of anilines is 1. The lowest BCUT2D eigenvalue weighted by molar-refractivity contribution is -0.113. The third kappa shape index (κ3) is 4.55. The van der Waals surface area contributed by atoms with Crippen LogP contribution in [0, 0.1) is 6.92 Å². The second-order valence-electron chi connectivity index (χ2n) is 5.39. The number of thiazole rings is 1. The summed E-state index contributed by atoms with van der Waals surface area (Å²) < 4.78 is 4.88. The number of ketones is 1. The van der Waals surface area contributed by atoms with Gasteiger partial charge in [0.2, 0.25) is 11.8 Å². The Hall–Kier alpha value is -2.52. The van der Waals surface area contributed by atoms with Crippen molar-refractivity contribution in [3.05, 3.63) is 46.9 Å². The number of rotatable bonds is 7. The second-order valence-corrected chi connectivity index (χ2v) is 7.37. The Labute approximate surface area is 158 Å². The largest absolute Gasteiger partial charge is 0.340 e. The maximum absolute atomic E-state index is 12.1. The van der Waals surface area contributed by atoms with E-state index in [4.69, 9.17) is 4.52 Å². The van der Waals surface area contributed by atoms with Crippen LogP contribution in [0.15, 0.2) is 34.9 Å². The number of amides is 1. The molecule has 0 atom stereocenters. The van der Waals surface area contributed by atoms with Crippen molar-refractivity contribution in [2.24, 2.45) is 0 Å². The molecule has 1 amide bonds. The van der Waals surface area contributed by atoms with E-state index >= 15 is 0 Å². The molecule has 3 aromatic rings. The van der Waals surface area contributed by atoms with E-state index in [2.05, 4.69) is 20.4 Å². The summed E-state index contributed by atoms with van der Waals surface area (Å²) in [7, 11) is 0. The number of carbonyl (C=O) groups is 2. The van der Waals surface area contributed by atoms with Gasteiger partial charge in [-0.2, -0.15) is 4.98 Å². The smallest absolute Gasteiger partial charge is 0.236 e. The first-order valence-electron chi connectivity index (χ1n) is 7.77. The summed E-state index contributed by atoms with van der Waals surface area (Å²) in [5.74, 6) is 1.49. The molecule has 1 aromatic carbocycles. The van der Waals surface area contributed by atoms with Crippen molar-refractivity contribution in [2.45, 2.75) is 19.6 Å². The number of nitrogens with one attached hydrogen (secondary N) is 1. The second kappa shape index (κ2) is 8.24. The highest BCUT2D eigenvalue weighted by molar-refractivity contribution is 7.99. The lowest BCUT2D eigenvalue weighted by Gasteiger charge is -2.00. The van der Waals surface area contributed by atoms with E-state index in [1.807, 2.05) is 30.3 Å². The molecule has 0 unspecified atom stereocenters. The molecule has 26 heavy (non-hydrogen) atoms. The van der Waals surface area contributed by atoms with Crippen molar-refractivity contribution in [2.75, 3.05) is 11.1 Å². The minimum absolute atomic E-state index is 0.0799. The summed E-state index contributed by atoms with van der Waals surface area (Å²) in [6, 6.07) is 9.43. The molecule has 0 aliphatic carbocycles. The van der Waals surface area contributed by atoms with E-state index in [1.54, 1.807) is 6.92 Å². The number of hydrogen-bond donors (Lipinski definition) is 1. The number of benzene rings is 1. The average molecular weight is 388 g/mol. The first-order valence-corrected chi connectivity index (χ1v) is 9.74. The third-order valence-corrected chi connectivity index (χ3v) is 5.27. The van der Waals surface area contributed by atoms with E-state index in [0.29, 0.717) is 33.2 Å². The van der Waals surface area contributed by atoms with Gasteiger partial charge in [0.25, 0.3) is 0 Å². The van der Waals surface area contributed by atoms with Gasteiger partial charge in [-0.3, -0.25) is 9.59 Å². The summed E-state index contributed by atoms with van der Waals surface area (Å²) in [5, 5.41) is 6.94. The topological polar surface area (TPSA) is 98.0 Å². The zero-order chi connectivity index (χ0) is 18.5. The maximum Gasteiger partial charge on any atom is 0.236 e. The molecule has 7 nitrogen and oxygen atoms in total. The van der Waals surface area contributed by atoms with Gasteiger partial charge < -0.3 is 9.84 Å². The predicted molar refractivity (Wildman–Crippen MR) is 101 cm³/mol. The Balaban J connectivity index is 1.64. The van der Waals surface area contributed by atoms with Gasteiger partial charge in [-0.1, -0.05) is 46.8 Å². The minimum atomic E-state index is -0.196. The van der Waals surface area contributed by atoms with Crippen LogP contribution in [0.25, 0.3) is 11.3 Å². The molecule has 0 aliphatic rings. The average Bonchev–Trinajstić information content (AvgIpc) is 3.22. The lowest BCUT2D eigenvalue weighted by Crippen LogP contribution is -2.14. The van der Waals surface area contributed by atoms with Crippen molar-refractivity contribution in [3.8, 4) is 11.3 Å². The van der Waals surface area contributed by atoms with Crippen LogP contribution in [0.1, 0.15) is 28.3 Å². The van der Waals surface area contributed by atoms with Gasteiger partial charge in [-0.25, -0.2) is 4.98 Å². The van der Waals surface area contributed by atoms with Crippen LogP contribution >= 0.6 is 23.1 Å². The summed E-state index contributed by atoms with van der Waals surface area (Å²) >= 11 is 2.56. The van der Waals surface area contributed by atoms with Crippen LogP contribution in [-0.4, -0.2) is 32.6 Å². The van der Waals surface area contributed by atoms with Crippen LogP contribution in [0.2, 0.25) is 0 Å². The molecule has 0 aliphatic heterocycles. The molecule has 0 radical (unpaired) electrons. The van der Waals surface area contributed by atoms with Crippen molar-refractivity contribution in [1.29, 1.82) is 0 Å². The number of carbonyl (C=O) groups excluding carboxylic acids is 2. The number of nitrogens with zero attached hydrogens (tertiary/aromatic N) is 3. The van der Waals surface area contributed by atoms with Crippen LogP contribution < -0.4 is 5.32 Å². The van der Waals surface area contributed by atoms with Gasteiger partial charge in [0.1, 0.15) is 0 Å². The standard InChI is InChI=1S/C17H16N4O3S2/c1-10(22)16-15(12-6-4-3-5-7-12)20-17(26-16)19-14(23)9-25-8-13-18-11(2)24-21-13/h3-7H,8-9H2,1-2H3,(H,19,20,23). The van der Waals surface area contributed by atoms with Crippen molar-refractivity contribution in [1.82, 2.24) is 15.1 Å². The SMILES string of the molecule is CC(=O)c1sc(NC(=O)CSCc2noc(C)n2)nc1-c1ccccc1. The Morgan fingerprint density at radius 3 is 2.65 bits per heavy atom. The Bertz CT molecular complexity index is 921. The third-order valence-electron chi connectivity index (χ3n) is 3.27. The highest BCUT2D eigenvalue weighted by atomic mass is 32.2. The van der Waals surface area contributed by atoms with Gasteiger partial charge >= 0.3 is 0 Å². The molecule has 2 aromatic heterocycles. The molecule has 0 saturated heterocycles. The van der Waals surface area contributed by atoms with Gasteiger partial charge in [0.05, 0.1) is 22.1 Å². The summed E-state index contributed by atoms with van der Waals surface area (Å²) in [5.41, 5.74) is 1.43. The zero-order valence-electron chi connectivity index (χ0n) is 14.2. The van der Waals surface area contributed by atoms with Crippen molar-refractivity contribution >= 4 is 39.9 Å². The fourth-order valence-corrected chi connectivity index (χ4v) is 3.75. The molecule has 0 fully saturated rings. The van der Waals surface area contributed by atoms with Crippen LogP contribution in [-0.2, 0) is 10.5 Å². The monoisotopic (exact) mass is 388 g/mol. The highest BCUT2D eigenvalue weighted by Gasteiger charge is 2.17. The van der Waals surface area contributed by atoms with E-state index in [0.717, 1.165) is 5.56 Å². The first-order chi connectivity index (χ1) is 12.5. The fourth-order valence-electron chi connectivity index (χ4n) is 2.19. The Morgan fingerprint density at radius 2 is 2.00 bits per heavy atom. The van der Waals surface area contributed by atoms with Gasteiger partial charge in [0.15, 0.2) is 16.7 Å². The summed E-state index contributed by atoms with van der Waals surface area (Å²) in [4.78, 5) is 33.1. The van der Waals surface area contributed by atoms with Crippen LogP contribution in [0.3, 0.4) is 0 Å².